The van der Waals surface area contributed by atoms with E-state index in [1.54, 1.807) is 12.1 Å². The van der Waals surface area contributed by atoms with Crippen molar-refractivity contribution in [1.29, 1.82) is 0 Å². The summed E-state index contributed by atoms with van der Waals surface area (Å²) in [4.78, 5) is 16.0. The maximum absolute atomic E-state index is 11.9. The quantitative estimate of drug-likeness (QED) is 0.666. The monoisotopic (exact) mass is 333 g/mol. The second kappa shape index (κ2) is 5.83. The average molecular weight is 334 g/mol. The highest BCUT2D eigenvalue weighted by Gasteiger charge is 2.24. The van der Waals surface area contributed by atoms with Gasteiger partial charge in [0.15, 0.2) is 5.70 Å². The fourth-order valence-corrected chi connectivity index (χ4v) is 2.47. The van der Waals surface area contributed by atoms with Gasteiger partial charge in [0, 0.05) is 16.1 Å². The Morgan fingerprint density at radius 2 is 1.86 bits per heavy atom. The number of nitrogens with zero attached hydrogens (tertiary/aromatic N) is 1. The predicted octanol–water partition coefficient (Wildman–Crippen LogP) is 4.04. The van der Waals surface area contributed by atoms with Crippen molar-refractivity contribution in [3.63, 3.8) is 0 Å². The van der Waals surface area contributed by atoms with E-state index in [0.717, 1.165) is 0 Å². The molecular weight excluding hydrogens is 325 g/mol. The molecule has 4 nitrogen and oxygen atoms in total. The number of ether oxygens (including phenoxy) is 1. The zero-order valence-electron chi connectivity index (χ0n) is 11.1. The van der Waals surface area contributed by atoms with E-state index >= 15 is 0 Å². The van der Waals surface area contributed by atoms with Gasteiger partial charge >= 0.3 is 5.97 Å². The fraction of sp³-hybridized carbons (Fsp3) is 0. The number of halogens is 2. The Labute approximate surface area is 136 Å². The zero-order chi connectivity index (χ0) is 15.7. The molecule has 3 rings (SSSR count). The predicted molar refractivity (Wildman–Crippen MR) is 85.2 cm³/mol. The van der Waals surface area contributed by atoms with Crippen molar-refractivity contribution in [3.05, 3.63) is 69.3 Å². The summed E-state index contributed by atoms with van der Waals surface area (Å²) in [7, 11) is 0. The first-order chi connectivity index (χ1) is 10.5. The van der Waals surface area contributed by atoms with Crippen LogP contribution in [0.3, 0.4) is 0 Å². The van der Waals surface area contributed by atoms with Crippen LogP contribution in [0, 0.1) is 0 Å². The van der Waals surface area contributed by atoms with Crippen LogP contribution in [-0.2, 0) is 9.53 Å². The SMILES string of the molecule is O=C1OC(c2ccccc2)=N/C1=C\c1cc(Cl)cc(Cl)c1O. The summed E-state index contributed by atoms with van der Waals surface area (Å²) in [5.74, 6) is -0.562. The van der Waals surface area contributed by atoms with E-state index in [2.05, 4.69) is 4.99 Å². The molecule has 2 aromatic carbocycles. The van der Waals surface area contributed by atoms with Crippen molar-refractivity contribution < 1.29 is 14.6 Å². The molecule has 0 aliphatic carbocycles. The van der Waals surface area contributed by atoms with Gasteiger partial charge in [-0.2, -0.15) is 0 Å². The lowest BCUT2D eigenvalue weighted by atomic mass is 10.1. The second-order valence-electron chi connectivity index (χ2n) is 4.53. The van der Waals surface area contributed by atoms with Crippen LogP contribution in [0.15, 0.2) is 53.2 Å². The molecule has 0 radical (unpaired) electrons. The summed E-state index contributed by atoms with van der Waals surface area (Å²) in [6.45, 7) is 0. The van der Waals surface area contributed by atoms with Crippen LogP contribution in [0.25, 0.3) is 6.08 Å². The molecule has 6 heteroatoms. The molecule has 0 unspecified atom stereocenters. The number of phenols is 1. The van der Waals surface area contributed by atoms with Gasteiger partial charge in [0.2, 0.25) is 5.90 Å². The summed E-state index contributed by atoms with van der Waals surface area (Å²) < 4.78 is 5.13. The molecule has 1 heterocycles. The van der Waals surface area contributed by atoms with E-state index in [4.69, 9.17) is 27.9 Å². The zero-order valence-corrected chi connectivity index (χ0v) is 12.6. The number of hydrogen-bond donors (Lipinski definition) is 1. The molecule has 22 heavy (non-hydrogen) atoms. The number of cyclic esters (lactones) is 1. The standard InChI is InChI=1S/C16H9Cl2NO3/c17-11-6-10(14(20)12(18)8-11)7-13-16(21)22-15(19-13)9-4-2-1-3-5-9/h1-8,20H/b13-7-. The Balaban J connectivity index is 2.02. The van der Waals surface area contributed by atoms with Crippen molar-refractivity contribution >= 4 is 41.1 Å². The minimum atomic E-state index is -0.602. The van der Waals surface area contributed by atoms with E-state index in [1.807, 2.05) is 18.2 Å². The highest BCUT2D eigenvalue weighted by atomic mass is 35.5. The lowest BCUT2D eigenvalue weighted by molar-refractivity contribution is -0.129. The molecule has 1 N–H and O–H groups in total. The van der Waals surface area contributed by atoms with Gasteiger partial charge in [-0.25, -0.2) is 9.79 Å². The Bertz CT molecular complexity index is 814. The fourth-order valence-electron chi connectivity index (χ4n) is 1.96. The normalized spacial score (nSPS) is 15.8. The summed E-state index contributed by atoms with van der Waals surface area (Å²) in [5, 5.41) is 10.4. The lowest BCUT2D eigenvalue weighted by Gasteiger charge is -2.02. The molecule has 0 bridgehead atoms. The largest absolute Gasteiger partial charge is 0.506 e. The summed E-state index contributed by atoms with van der Waals surface area (Å²) >= 11 is 11.7. The highest BCUT2D eigenvalue weighted by molar-refractivity contribution is 6.36. The molecule has 0 fully saturated rings. The minimum Gasteiger partial charge on any atom is -0.506 e. The van der Waals surface area contributed by atoms with Crippen LogP contribution in [0.4, 0.5) is 0 Å². The van der Waals surface area contributed by atoms with Gasteiger partial charge in [-0.3, -0.25) is 0 Å². The summed E-state index contributed by atoms with van der Waals surface area (Å²) in [5.41, 5.74) is 1.04. The van der Waals surface area contributed by atoms with E-state index in [9.17, 15) is 9.90 Å². The molecule has 2 aromatic rings. The van der Waals surface area contributed by atoms with Gasteiger partial charge in [0.1, 0.15) is 5.75 Å². The van der Waals surface area contributed by atoms with Crippen LogP contribution in [0.5, 0.6) is 5.75 Å². The van der Waals surface area contributed by atoms with Crippen LogP contribution in [0.1, 0.15) is 11.1 Å². The van der Waals surface area contributed by atoms with Crippen molar-refractivity contribution in [2.75, 3.05) is 0 Å². The number of phenolic OH excluding ortho intramolecular Hbond substituents is 1. The molecule has 0 saturated heterocycles. The Morgan fingerprint density at radius 1 is 1.14 bits per heavy atom. The van der Waals surface area contributed by atoms with Crippen molar-refractivity contribution in [2.45, 2.75) is 0 Å². The third kappa shape index (κ3) is 2.84. The molecule has 1 aliphatic rings. The number of carbonyl (C=O) groups excluding carboxylic acids is 1. The van der Waals surface area contributed by atoms with Gasteiger partial charge in [-0.1, -0.05) is 41.4 Å². The number of esters is 1. The Hall–Kier alpha value is -2.30. The number of aliphatic imine (C=N–C) groups is 1. The first-order valence-electron chi connectivity index (χ1n) is 6.30. The van der Waals surface area contributed by atoms with Crippen molar-refractivity contribution in [1.82, 2.24) is 0 Å². The van der Waals surface area contributed by atoms with E-state index < -0.39 is 5.97 Å². The van der Waals surface area contributed by atoms with E-state index in [1.165, 1.54) is 18.2 Å². The summed E-state index contributed by atoms with van der Waals surface area (Å²) in [6, 6.07) is 11.9. The van der Waals surface area contributed by atoms with Gasteiger partial charge in [-0.05, 0) is 30.3 Å². The van der Waals surface area contributed by atoms with Crippen LogP contribution < -0.4 is 0 Å². The van der Waals surface area contributed by atoms with Crippen molar-refractivity contribution in [3.8, 4) is 5.75 Å². The number of rotatable bonds is 2. The maximum atomic E-state index is 11.9. The number of hydrogen-bond acceptors (Lipinski definition) is 4. The molecule has 1 aliphatic heterocycles. The van der Waals surface area contributed by atoms with E-state index in [-0.39, 0.29) is 22.4 Å². The molecular formula is C16H9Cl2NO3. The van der Waals surface area contributed by atoms with Gasteiger partial charge < -0.3 is 9.84 Å². The molecule has 0 saturated carbocycles. The molecule has 0 atom stereocenters. The first-order valence-corrected chi connectivity index (χ1v) is 7.06. The van der Waals surface area contributed by atoms with Gasteiger partial charge in [0.25, 0.3) is 0 Å². The number of carbonyl (C=O) groups is 1. The molecule has 0 aromatic heterocycles. The Kier molecular flexibility index (Phi) is 3.88. The average Bonchev–Trinajstić information content (AvgIpc) is 2.86. The van der Waals surface area contributed by atoms with E-state index in [0.29, 0.717) is 16.1 Å². The second-order valence-corrected chi connectivity index (χ2v) is 5.37. The third-order valence-corrected chi connectivity index (χ3v) is 3.50. The van der Waals surface area contributed by atoms with Gasteiger partial charge in [0.05, 0.1) is 5.02 Å². The minimum absolute atomic E-state index is 0.0625. The van der Waals surface area contributed by atoms with Crippen LogP contribution in [0.2, 0.25) is 10.0 Å². The molecule has 110 valence electrons. The topological polar surface area (TPSA) is 58.9 Å². The Morgan fingerprint density at radius 3 is 2.59 bits per heavy atom. The smallest absolute Gasteiger partial charge is 0.363 e. The maximum Gasteiger partial charge on any atom is 0.363 e. The van der Waals surface area contributed by atoms with Crippen LogP contribution in [-0.4, -0.2) is 17.0 Å². The lowest BCUT2D eigenvalue weighted by Crippen LogP contribution is -2.04. The third-order valence-electron chi connectivity index (χ3n) is 2.99. The van der Waals surface area contributed by atoms with Crippen LogP contribution >= 0.6 is 23.2 Å². The first kappa shape index (κ1) is 14.6. The number of aromatic hydroxyl groups is 1. The molecule has 0 spiro atoms. The highest BCUT2D eigenvalue weighted by Crippen LogP contribution is 2.33. The summed E-state index contributed by atoms with van der Waals surface area (Å²) in [6.07, 6.45) is 1.38. The van der Waals surface area contributed by atoms with Gasteiger partial charge in [-0.15, -0.1) is 0 Å². The number of benzene rings is 2. The van der Waals surface area contributed by atoms with Crippen molar-refractivity contribution in [2.24, 2.45) is 4.99 Å². The molecule has 0 amide bonds.